The molecule has 3 N–H and O–H groups in total. The van der Waals surface area contributed by atoms with Gasteiger partial charge in [0, 0.05) is 13.6 Å². The number of aromatic nitrogens is 3. The molecule has 1 heterocycles. The maximum Gasteiger partial charge on any atom is 0.240 e. The van der Waals surface area contributed by atoms with E-state index in [4.69, 9.17) is 10.5 Å². The van der Waals surface area contributed by atoms with Gasteiger partial charge in [0.05, 0.1) is 4.90 Å². The van der Waals surface area contributed by atoms with E-state index in [1.54, 1.807) is 23.9 Å². The largest absolute Gasteiger partial charge is 0.486 e. The third-order valence-corrected chi connectivity index (χ3v) is 4.46. The summed E-state index contributed by atoms with van der Waals surface area (Å²) in [5.41, 5.74) is 5.34. The zero-order valence-corrected chi connectivity index (χ0v) is 14.3. The minimum atomic E-state index is -3.50. The fourth-order valence-electron chi connectivity index (χ4n) is 1.71. The molecule has 0 unspecified atom stereocenters. The Bertz CT molecular complexity index is 703. The van der Waals surface area contributed by atoms with Gasteiger partial charge in [-0.25, -0.2) is 18.1 Å². The Morgan fingerprint density at radius 2 is 2.00 bits per heavy atom. The van der Waals surface area contributed by atoms with Gasteiger partial charge in [-0.2, -0.15) is 5.10 Å². The van der Waals surface area contributed by atoms with Crippen molar-refractivity contribution in [2.45, 2.75) is 17.9 Å². The normalized spacial score (nSPS) is 11.0. The molecule has 23 heavy (non-hydrogen) atoms. The van der Waals surface area contributed by atoms with Gasteiger partial charge in [0.1, 0.15) is 18.7 Å². The fourth-order valence-corrected chi connectivity index (χ4v) is 2.78. The van der Waals surface area contributed by atoms with E-state index >= 15 is 0 Å². The van der Waals surface area contributed by atoms with Gasteiger partial charge in [-0.1, -0.05) is 0 Å². The zero-order chi connectivity index (χ0) is 16.0. The quantitative estimate of drug-likeness (QED) is 0.660. The fraction of sp³-hybridized carbons (Fsp3) is 0.385. The van der Waals surface area contributed by atoms with E-state index in [2.05, 4.69) is 14.8 Å². The molecule has 0 aliphatic rings. The molecule has 0 amide bonds. The number of nitrogens with zero attached hydrogens (tertiary/aromatic N) is 3. The summed E-state index contributed by atoms with van der Waals surface area (Å²) in [7, 11) is -1.73. The summed E-state index contributed by atoms with van der Waals surface area (Å²) >= 11 is 0. The summed E-state index contributed by atoms with van der Waals surface area (Å²) in [5, 5.41) is 3.94. The first kappa shape index (κ1) is 19.4. The molecule has 1 aromatic carbocycles. The van der Waals surface area contributed by atoms with E-state index in [1.807, 2.05) is 0 Å². The Morgan fingerprint density at radius 1 is 1.30 bits per heavy atom. The van der Waals surface area contributed by atoms with Crippen LogP contribution in [0.2, 0.25) is 0 Å². The molecule has 0 aliphatic carbocycles. The first-order chi connectivity index (χ1) is 10.5. The van der Waals surface area contributed by atoms with Crippen molar-refractivity contribution in [3.63, 3.8) is 0 Å². The minimum Gasteiger partial charge on any atom is -0.486 e. The van der Waals surface area contributed by atoms with Gasteiger partial charge in [0.15, 0.2) is 5.82 Å². The number of hydrogen-bond donors (Lipinski definition) is 2. The second kappa shape index (κ2) is 8.82. The Balaban J connectivity index is 0.00000264. The molecule has 10 heteroatoms. The van der Waals surface area contributed by atoms with Crippen molar-refractivity contribution >= 4 is 22.4 Å². The maximum atomic E-state index is 12.0. The van der Waals surface area contributed by atoms with Crippen LogP contribution in [-0.4, -0.2) is 36.3 Å². The van der Waals surface area contributed by atoms with Crippen LogP contribution in [0.15, 0.2) is 35.5 Å². The summed E-state index contributed by atoms with van der Waals surface area (Å²) in [4.78, 5) is 4.23. The average Bonchev–Trinajstić information content (AvgIpc) is 2.91. The lowest BCUT2D eigenvalue weighted by Crippen LogP contribution is -2.26. The highest BCUT2D eigenvalue weighted by molar-refractivity contribution is 7.89. The predicted octanol–water partition coefficient (Wildman–Crippen LogP) is 0.443. The first-order valence-corrected chi connectivity index (χ1v) is 8.27. The molecule has 1 aromatic heterocycles. The Kier molecular flexibility index (Phi) is 7.43. The lowest BCUT2D eigenvalue weighted by molar-refractivity contribution is 0.289. The van der Waals surface area contributed by atoms with E-state index in [1.165, 1.54) is 18.5 Å². The van der Waals surface area contributed by atoms with E-state index in [0.717, 1.165) is 0 Å². The molecule has 0 aliphatic heterocycles. The molecule has 2 rings (SSSR count). The molecule has 0 atom stereocenters. The molecule has 8 nitrogen and oxygen atoms in total. The van der Waals surface area contributed by atoms with Crippen LogP contribution in [0.25, 0.3) is 0 Å². The van der Waals surface area contributed by atoms with Gasteiger partial charge in [-0.15, -0.1) is 12.4 Å². The number of sulfonamides is 1. The van der Waals surface area contributed by atoms with Gasteiger partial charge < -0.3 is 10.5 Å². The molecule has 0 radical (unpaired) electrons. The van der Waals surface area contributed by atoms with Crippen LogP contribution in [0.1, 0.15) is 12.2 Å². The van der Waals surface area contributed by atoms with Crippen LogP contribution in [-0.2, 0) is 23.7 Å². The zero-order valence-electron chi connectivity index (χ0n) is 12.7. The standard InChI is InChI=1S/C13H19N5O3S.ClH/c1-18-13(15-10-16-18)9-21-11-3-5-12(6-4-11)22(19,20)17-8-2-7-14;/h3-6,10,17H,2,7-9,14H2,1H3;1H. The van der Waals surface area contributed by atoms with E-state index < -0.39 is 10.0 Å². The van der Waals surface area contributed by atoms with E-state index in [9.17, 15) is 8.42 Å². The van der Waals surface area contributed by atoms with Gasteiger partial charge >= 0.3 is 0 Å². The van der Waals surface area contributed by atoms with Crippen LogP contribution >= 0.6 is 12.4 Å². The molecule has 0 saturated heterocycles. The van der Waals surface area contributed by atoms with Crippen molar-refractivity contribution in [1.29, 1.82) is 0 Å². The lowest BCUT2D eigenvalue weighted by Gasteiger charge is -2.08. The number of ether oxygens (including phenoxy) is 1. The number of aryl methyl sites for hydroxylation is 1. The Labute approximate surface area is 141 Å². The first-order valence-electron chi connectivity index (χ1n) is 6.78. The average molecular weight is 362 g/mol. The topological polar surface area (TPSA) is 112 Å². The highest BCUT2D eigenvalue weighted by Gasteiger charge is 2.13. The SMILES string of the molecule is Cl.Cn1ncnc1COc1ccc(S(=O)(=O)NCCCN)cc1. The summed E-state index contributed by atoms with van der Waals surface area (Å²) in [5.74, 6) is 1.24. The van der Waals surface area contributed by atoms with E-state index in [-0.39, 0.29) is 23.9 Å². The van der Waals surface area contributed by atoms with Crippen molar-refractivity contribution in [3.8, 4) is 5.75 Å². The van der Waals surface area contributed by atoms with Crippen molar-refractivity contribution in [3.05, 3.63) is 36.4 Å². The van der Waals surface area contributed by atoms with Gasteiger partial charge in [-0.3, -0.25) is 4.68 Å². The second-order valence-electron chi connectivity index (χ2n) is 4.60. The van der Waals surface area contributed by atoms with Crippen LogP contribution in [0.3, 0.4) is 0 Å². The molecule has 0 saturated carbocycles. The van der Waals surface area contributed by atoms with Crippen LogP contribution in [0, 0.1) is 0 Å². The van der Waals surface area contributed by atoms with Crippen LogP contribution in [0.4, 0.5) is 0 Å². The van der Waals surface area contributed by atoms with Gasteiger partial charge in [0.25, 0.3) is 0 Å². The second-order valence-corrected chi connectivity index (χ2v) is 6.37. The van der Waals surface area contributed by atoms with Crippen LogP contribution in [0.5, 0.6) is 5.75 Å². The number of hydrogen-bond acceptors (Lipinski definition) is 6. The number of nitrogens with one attached hydrogen (secondary N) is 1. The molecule has 0 spiro atoms. The molecule has 0 bridgehead atoms. The highest BCUT2D eigenvalue weighted by Crippen LogP contribution is 2.16. The van der Waals surface area contributed by atoms with Crippen molar-refractivity contribution in [1.82, 2.24) is 19.5 Å². The maximum absolute atomic E-state index is 12.0. The molecule has 0 fully saturated rings. The molecular formula is C13H20ClN5O3S. The molecule has 2 aromatic rings. The number of rotatable bonds is 8. The van der Waals surface area contributed by atoms with Crippen molar-refractivity contribution < 1.29 is 13.2 Å². The van der Waals surface area contributed by atoms with Crippen molar-refractivity contribution in [2.75, 3.05) is 13.1 Å². The predicted molar refractivity (Wildman–Crippen MR) is 87.9 cm³/mol. The summed E-state index contributed by atoms with van der Waals surface area (Å²) in [6, 6.07) is 6.20. The Morgan fingerprint density at radius 3 is 2.57 bits per heavy atom. The summed E-state index contributed by atoms with van der Waals surface area (Å²) < 4.78 is 33.6. The monoisotopic (exact) mass is 361 g/mol. The van der Waals surface area contributed by atoms with E-state index in [0.29, 0.717) is 31.1 Å². The smallest absolute Gasteiger partial charge is 0.240 e. The summed E-state index contributed by atoms with van der Waals surface area (Å²) in [6.07, 6.45) is 2.04. The number of halogens is 1. The van der Waals surface area contributed by atoms with Crippen molar-refractivity contribution in [2.24, 2.45) is 12.8 Å². The van der Waals surface area contributed by atoms with Gasteiger partial charge in [-0.05, 0) is 37.2 Å². The minimum absolute atomic E-state index is 0. The van der Waals surface area contributed by atoms with Gasteiger partial charge in [0.2, 0.25) is 10.0 Å². The summed E-state index contributed by atoms with van der Waals surface area (Å²) in [6.45, 7) is 1.03. The molecule has 128 valence electrons. The lowest BCUT2D eigenvalue weighted by atomic mass is 10.3. The number of nitrogens with two attached hydrogens (primary N) is 1. The number of benzene rings is 1. The third kappa shape index (κ3) is 5.47. The Hall–Kier alpha value is -1.68. The highest BCUT2D eigenvalue weighted by atomic mass is 35.5. The molecular weight excluding hydrogens is 342 g/mol. The van der Waals surface area contributed by atoms with Crippen LogP contribution < -0.4 is 15.2 Å². The third-order valence-electron chi connectivity index (χ3n) is 2.98.